The molecule has 1 aromatic carbocycles. The third-order valence-electron chi connectivity index (χ3n) is 5.02. The van der Waals surface area contributed by atoms with Crippen molar-refractivity contribution in [2.45, 2.75) is 6.54 Å². The summed E-state index contributed by atoms with van der Waals surface area (Å²) in [4.78, 5) is 12.4. The molecule has 6 nitrogen and oxygen atoms in total. The minimum atomic E-state index is 0.891. The van der Waals surface area contributed by atoms with Crippen molar-refractivity contribution in [1.82, 2.24) is 24.5 Å². The first-order chi connectivity index (χ1) is 12.4. The van der Waals surface area contributed by atoms with Crippen LogP contribution in [0.5, 0.6) is 0 Å². The van der Waals surface area contributed by atoms with Crippen molar-refractivity contribution in [2.75, 3.05) is 31.1 Å². The van der Waals surface area contributed by atoms with Gasteiger partial charge in [0.05, 0.1) is 0 Å². The third-order valence-corrected chi connectivity index (χ3v) is 5.02. The second-order valence-corrected chi connectivity index (χ2v) is 6.54. The second-order valence-electron chi connectivity index (χ2n) is 6.54. The predicted octanol–water partition coefficient (Wildman–Crippen LogP) is 2.53. The van der Waals surface area contributed by atoms with Crippen LogP contribution in [0.15, 0.2) is 55.0 Å². The average Bonchev–Trinajstić information content (AvgIpc) is 3.31. The summed E-state index contributed by atoms with van der Waals surface area (Å²) < 4.78 is 1.84. The van der Waals surface area contributed by atoms with Crippen LogP contribution in [0.4, 0.5) is 5.82 Å². The molecule has 0 spiro atoms. The molecule has 1 aliphatic heterocycles. The molecule has 0 atom stereocenters. The molecule has 1 fully saturated rings. The number of nitrogens with zero attached hydrogens (tertiary/aromatic N) is 5. The molecule has 0 amide bonds. The van der Waals surface area contributed by atoms with Crippen LogP contribution in [0.25, 0.3) is 16.6 Å². The van der Waals surface area contributed by atoms with E-state index in [1.54, 1.807) is 6.20 Å². The van der Waals surface area contributed by atoms with Gasteiger partial charge in [-0.3, -0.25) is 4.90 Å². The van der Waals surface area contributed by atoms with Gasteiger partial charge >= 0.3 is 0 Å². The Bertz CT molecular complexity index is 1010. The highest BCUT2D eigenvalue weighted by Gasteiger charge is 2.19. The average molecular weight is 332 g/mol. The van der Waals surface area contributed by atoms with Gasteiger partial charge in [-0.1, -0.05) is 12.1 Å². The number of aromatic amines is 1. The van der Waals surface area contributed by atoms with Crippen molar-refractivity contribution >= 4 is 22.4 Å². The lowest BCUT2D eigenvalue weighted by Gasteiger charge is -2.35. The van der Waals surface area contributed by atoms with Gasteiger partial charge in [0.2, 0.25) is 0 Å². The molecule has 0 bridgehead atoms. The van der Waals surface area contributed by atoms with Gasteiger partial charge in [-0.05, 0) is 29.8 Å². The Labute approximate surface area is 145 Å². The highest BCUT2D eigenvalue weighted by molar-refractivity contribution is 5.82. The van der Waals surface area contributed by atoms with Gasteiger partial charge in [0, 0.05) is 62.2 Å². The number of hydrogen-bond donors (Lipinski definition) is 1. The molecule has 6 heteroatoms. The molecule has 0 unspecified atom stereocenters. The Morgan fingerprint density at radius 3 is 2.84 bits per heavy atom. The van der Waals surface area contributed by atoms with Crippen molar-refractivity contribution in [3.63, 3.8) is 0 Å². The van der Waals surface area contributed by atoms with E-state index in [0.717, 1.165) is 44.2 Å². The minimum absolute atomic E-state index is 0.891. The molecule has 4 aromatic rings. The fourth-order valence-electron chi connectivity index (χ4n) is 3.64. The maximum Gasteiger partial charge on any atom is 0.153 e. The molecule has 1 saturated heterocycles. The first kappa shape index (κ1) is 14.5. The number of benzene rings is 1. The predicted molar refractivity (Wildman–Crippen MR) is 98.8 cm³/mol. The van der Waals surface area contributed by atoms with Crippen LogP contribution in [-0.2, 0) is 6.54 Å². The number of nitrogens with one attached hydrogen (secondary N) is 1. The summed E-state index contributed by atoms with van der Waals surface area (Å²) in [5.74, 6) is 1.03. The van der Waals surface area contributed by atoms with Crippen LogP contribution in [0, 0.1) is 0 Å². The number of fused-ring (bicyclic) bond motifs is 2. The monoisotopic (exact) mass is 332 g/mol. The van der Waals surface area contributed by atoms with Crippen molar-refractivity contribution < 1.29 is 0 Å². The number of rotatable bonds is 3. The zero-order valence-corrected chi connectivity index (χ0v) is 14.0. The SMILES string of the molecule is c1cc(CN2CCN(c3ccc4nccn4n3)CC2)c2cc[nH]c2c1. The molecule has 4 heterocycles. The Morgan fingerprint density at radius 1 is 1.00 bits per heavy atom. The molecule has 3 aromatic heterocycles. The van der Waals surface area contributed by atoms with Crippen LogP contribution >= 0.6 is 0 Å². The first-order valence-corrected chi connectivity index (χ1v) is 8.69. The highest BCUT2D eigenvalue weighted by atomic mass is 15.3. The first-order valence-electron chi connectivity index (χ1n) is 8.69. The molecular formula is C19H20N6. The minimum Gasteiger partial charge on any atom is -0.361 e. The standard InChI is InChI=1S/C19H20N6/c1-2-15(16-6-7-20-17(16)3-1)14-23-10-12-24(13-11-23)19-5-4-18-21-8-9-25(18)22-19/h1-9,20H,10-14H2. The summed E-state index contributed by atoms with van der Waals surface area (Å²) in [6.07, 6.45) is 5.70. The topological polar surface area (TPSA) is 52.5 Å². The third kappa shape index (κ3) is 2.64. The normalized spacial score (nSPS) is 16.1. The Morgan fingerprint density at radius 2 is 1.92 bits per heavy atom. The molecule has 0 radical (unpaired) electrons. The van der Waals surface area contributed by atoms with E-state index in [1.165, 1.54) is 16.5 Å². The Balaban J connectivity index is 1.28. The van der Waals surface area contributed by atoms with Crippen molar-refractivity contribution in [2.24, 2.45) is 0 Å². The number of H-pyrrole nitrogens is 1. The summed E-state index contributed by atoms with van der Waals surface area (Å²) in [7, 11) is 0. The summed E-state index contributed by atoms with van der Waals surface area (Å²) >= 11 is 0. The van der Waals surface area contributed by atoms with E-state index in [4.69, 9.17) is 0 Å². The molecule has 0 saturated carbocycles. The lowest BCUT2D eigenvalue weighted by atomic mass is 10.1. The van der Waals surface area contributed by atoms with Gasteiger partial charge in [0.1, 0.15) is 5.82 Å². The van der Waals surface area contributed by atoms with E-state index in [9.17, 15) is 0 Å². The second kappa shape index (κ2) is 5.89. The smallest absolute Gasteiger partial charge is 0.153 e. The highest BCUT2D eigenvalue weighted by Crippen LogP contribution is 2.20. The van der Waals surface area contributed by atoms with Gasteiger partial charge in [0.25, 0.3) is 0 Å². The van der Waals surface area contributed by atoms with E-state index in [-0.39, 0.29) is 0 Å². The molecule has 126 valence electrons. The Kier molecular flexibility index (Phi) is 3.41. The number of aromatic nitrogens is 4. The molecular weight excluding hydrogens is 312 g/mol. The summed E-state index contributed by atoms with van der Waals surface area (Å²) in [5.41, 5.74) is 3.50. The van der Waals surface area contributed by atoms with Crippen LogP contribution in [-0.4, -0.2) is 50.7 Å². The van der Waals surface area contributed by atoms with E-state index in [2.05, 4.69) is 55.2 Å². The zero-order valence-electron chi connectivity index (χ0n) is 14.0. The summed E-state index contributed by atoms with van der Waals surface area (Å²) in [6.45, 7) is 5.08. The van der Waals surface area contributed by atoms with Gasteiger partial charge < -0.3 is 9.88 Å². The fraction of sp³-hybridized carbons (Fsp3) is 0.263. The number of anilines is 1. The van der Waals surface area contributed by atoms with Crippen molar-refractivity contribution in [3.05, 3.63) is 60.6 Å². The molecule has 0 aliphatic carbocycles. The van der Waals surface area contributed by atoms with Crippen LogP contribution in [0.2, 0.25) is 0 Å². The van der Waals surface area contributed by atoms with Gasteiger partial charge in [-0.2, -0.15) is 0 Å². The van der Waals surface area contributed by atoms with Crippen molar-refractivity contribution in [1.29, 1.82) is 0 Å². The van der Waals surface area contributed by atoms with Gasteiger partial charge in [0.15, 0.2) is 5.65 Å². The molecule has 5 rings (SSSR count). The summed E-state index contributed by atoms with van der Waals surface area (Å²) in [5, 5.41) is 5.99. The van der Waals surface area contributed by atoms with Crippen LogP contribution in [0.3, 0.4) is 0 Å². The molecule has 1 N–H and O–H groups in total. The Hall–Kier alpha value is -2.86. The van der Waals surface area contributed by atoms with E-state index >= 15 is 0 Å². The van der Waals surface area contributed by atoms with E-state index in [1.807, 2.05) is 23.0 Å². The lowest BCUT2D eigenvalue weighted by molar-refractivity contribution is 0.250. The number of imidazole rings is 1. The van der Waals surface area contributed by atoms with Crippen molar-refractivity contribution in [3.8, 4) is 0 Å². The fourth-order valence-corrected chi connectivity index (χ4v) is 3.64. The maximum absolute atomic E-state index is 4.66. The molecule has 25 heavy (non-hydrogen) atoms. The van der Waals surface area contributed by atoms with Crippen LogP contribution in [0.1, 0.15) is 5.56 Å². The zero-order chi connectivity index (χ0) is 16.6. The molecule has 1 aliphatic rings. The largest absolute Gasteiger partial charge is 0.361 e. The van der Waals surface area contributed by atoms with Gasteiger partial charge in [-0.15, -0.1) is 5.10 Å². The van der Waals surface area contributed by atoms with Crippen LogP contribution < -0.4 is 4.90 Å². The quantitative estimate of drug-likeness (QED) is 0.626. The maximum atomic E-state index is 4.66. The number of piperazine rings is 1. The van der Waals surface area contributed by atoms with E-state index < -0.39 is 0 Å². The van der Waals surface area contributed by atoms with Gasteiger partial charge in [-0.25, -0.2) is 9.50 Å². The lowest BCUT2D eigenvalue weighted by Crippen LogP contribution is -2.46. The summed E-state index contributed by atoms with van der Waals surface area (Å²) in [6, 6.07) is 12.8. The van der Waals surface area contributed by atoms with E-state index in [0.29, 0.717) is 0 Å². The number of hydrogen-bond acceptors (Lipinski definition) is 4.